The van der Waals surface area contributed by atoms with Crippen molar-refractivity contribution in [2.24, 2.45) is 0 Å². The van der Waals surface area contributed by atoms with Crippen molar-refractivity contribution < 1.29 is 22.8 Å². The maximum atomic E-state index is 12.9. The lowest BCUT2D eigenvalue weighted by Gasteiger charge is -2.15. The molecule has 4 aromatic rings. The second-order valence-corrected chi connectivity index (χ2v) is 6.79. The Bertz CT molecular complexity index is 1070. The van der Waals surface area contributed by atoms with Crippen molar-refractivity contribution >= 4 is 22.2 Å². The summed E-state index contributed by atoms with van der Waals surface area (Å²) in [6.45, 7) is -1.13. The molecule has 0 saturated carbocycles. The van der Waals surface area contributed by atoms with E-state index in [1.165, 1.54) is 17.5 Å². The van der Waals surface area contributed by atoms with Crippen LogP contribution in [0, 0.1) is 6.10 Å². The van der Waals surface area contributed by atoms with E-state index < -0.39 is 12.7 Å². The molecule has 0 fully saturated rings. The average Bonchev–Trinajstić information content (AvgIpc) is 3.27. The van der Waals surface area contributed by atoms with Crippen LogP contribution < -0.4 is 4.57 Å². The number of pyridine rings is 1. The zero-order chi connectivity index (χ0) is 19.0. The third-order valence-corrected chi connectivity index (χ3v) is 4.94. The van der Waals surface area contributed by atoms with Gasteiger partial charge in [0, 0.05) is 11.9 Å². The van der Waals surface area contributed by atoms with Crippen LogP contribution in [0.5, 0.6) is 0 Å². The molecule has 27 heavy (non-hydrogen) atoms. The molecule has 0 saturated heterocycles. The lowest BCUT2D eigenvalue weighted by Crippen LogP contribution is -2.40. The monoisotopic (exact) mass is 388 g/mol. The summed E-state index contributed by atoms with van der Waals surface area (Å²) in [7, 11) is 0. The van der Waals surface area contributed by atoms with E-state index in [4.69, 9.17) is 0 Å². The minimum absolute atomic E-state index is 0.154. The van der Waals surface area contributed by atoms with Crippen LogP contribution in [0.15, 0.2) is 60.4 Å². The lowest BCUT2D eigenvalue weighted by atomic mass is 10.1. The van der Waals surface area contributed by atoms with Gasteiger partial charge in [-0.1, -0.05) is 12.1 Å². The number of nitrogens with zero attached hydrogens (tertiary/aromatic N) is 3. The van der Waals surface area contributed by atoms with E-state index in [0.717, 1.165) is 10.1 Å². The smallest absolute Gasteiger partial charge is 0.420 e. The molecule has 0 aliphatic carbocycles. The number of para-hydroxylation sites is 1. The van der Waals surface area contributed by atoms with Gasteiger partial charge in [-0.3, -0.25) is 9.55 Å². The van der Waals surface area contributed by atoms with E-state index in [2.05, 4.69) is 9.97 Å². The molecule has 0 atom stereocenters. The summed E-state index contributed by atoms with van der Waals surface area (Å²) in [6, 6.07) is 10.3. The Hall–Kier alpha value is -2.84. The molecule has 0 unspecified atom stereocenters. The minimum atomic E-state index is -4.36. The molecule has 0 spiro atoms. The van der Waals surface area contributed by atoms with Crippen LogP contribution in [-0.2, 0) is 6.54 Å². The third kappa shape index (κ3) is 3.54. The molecule has 3 heterocycles. The zero-order valence-corrected chi connectivity index (χ0v) is 14.6. The standard InChI is InChI=1S/C19H13F3N3OS/c20-19(21,22)11-25-9-14(13-5-1-2-6-16(13)25)17(26)15-10-27-18(24-15)12-4-3-7-23-8-12/h1-10,26H,11H2/q-1. The number of hydrogen-bond donors (Lipinski definition) is 1. The molecule has 0 aliphatic heterocycles. The fourth-order valence-electron chi connectivity index (χ4n) is 2.90. The van der Waals surface area contributed by atoms with Crippen molar-refractivity contribution in [3.63, 3.8) is 0 Å². The van der Waals surface area contributed by atoms with Crippen LogP contribution in [-0.4, -0.2) is 21.3 Å². The van der Waals surface area contributed by atoms with E-state index in [9.17, 15) is 18.3 Å². The summed E-state index contributed by atoms with van der Waals surface area (Å²) in [5.74, 6) is 0. The van der Waals surface area contributed by atoms with Gasteiger partial charge in [0.15, 0.2) is 11.3 Å². The number of hydrogen-bond acceptors (Lipinski definition) is 3. The second-order valence-electron chi connectivity index (χ2n) is 5.93. The molecular formula is C19H13F3N3OS-. The molecule has 4 nitrogen and oxygen atoms in total. The zero-order valence-electron chi connectivity index (χ0n) is 13.8. The van der Waals surface area contributed by atoms with E-state index in [0.29, 0.717) is 27.2 Å². The molecule has 0 radical (unpaired) electrons. The number of rotatable bonds is 4. The largest absolute Gasteiger partial charge is 0.447 e. The van der Waals surface area contributed by atoms with Gasteiger partial charge < -0.3 is 10.1 Å². The summed E-state index contributed by atoms with van der Waals surface area (Å²) in [5, 5.41) is 13.6. The van der Waals surface area contributed by atoms with Gasteiger partial charge in [-0.25, -0.2) is 0 Å². The summed E-state index contributed by atoms with van der Waals surface area (Å²) in [4.78, 5) is 8.45. The summed E-state index contributed by atoms with van der Waals surface area (Å²) < 4.78 is 39.8. The molecule has 0 amide bonds. The predicted octanol–water partition coefficient (Wildman–Crippen LogP) is 4.23. The highest BCUT2D eigenvalue weighted by Gasteiger charge is 2.33. The number of alkyl halides is 3. The van der Waals surface area contributed by atoms with Crippen LogP contribution in [0.1, 0.15) is 11.3 Å². The molecule has 4 rings (SSSR count). The fraction of sp³-hybridized carbons (Fsp3) is 0.105. The normalized spacial score (nSPS) is 11.9. The average molecular weight is 388 g/mol. The molecule has 1 aromatic carbocycles. The number of aliphatic hydroxyl groups excluding tert-OH is 1. The number of thiazole rings is 1. The summed E-state index contributed by atoms with van der Waals surface area (Å²) >= 11 is 1.33. The van der Waals surface area contributed by atoms with Crippen molar-refractivity contribution in [1.82, 2.24) is 9.97 Å². The van der Waals surface area contributed by atoms with E-state index in [1.807, 2.05) is 6.07 Å². The first-order valence-corrected chi connectivity index (χ1v) is 8.87. The lowest BCUT2D eigenvalue weighted by molar-refractivity contribution is -0.694. The number of benzene rings is 1. The minimum Gasteiger partial charge on any atom is -0.420 e. The molecule has 3 aromatic heterocycles. The topological polar surface area (TPSA) is 49.9 Å². The SMILES string of the molecule is O[C-](c1c[s+][c-](-c2cccnc2)n1)c1c[n+](CC(F)(F)F)[c-]2ccccc12. The van der Waals surface area contributed by atoms with Crippen molar-refractivity contribution in [1.29, 1.82) is 0 Å². The van der Waals surface area contributed by atoms with Gasteiger partial charge in [0.25, 0.3) is 0 Å². The summed E-state index contributed by atoms with van der Waals surface area (Å²) in [5.41, 5.74) is 1.84. The Balaban J connectivity index is 1.73. The first kappa shape index (κ1) is 17.6. The Kier molecular flexibility index (Phi) is 4.37. The highest BCUT2D eigenvalue weighted by molar-refractivity contribution is 7.13. The van der Waals surface area contributed by atoms with Gasteiger partial charge in [0.2, 0.25) is 11.6 Å². The van der Waals surface area contributed by atoms with Gasteiger partial charge in [-0.15, -0.1) is 29.1 Å². The fourth-order valence-corrected chi connectivity index (χ4v) is 3.70. The van der Waals surface area contributed by atoms with Crippen molar-refractivity contribution in [2.75, 3.05) is 0 Å². The number of aromatic nitrogens is 3. The Morgan fingerprint density at radius 2 is 2.07 bits per heavy atom. The molecule has 0 bridgehead atoms. The van der Waals surface area contributed by atoms with E-state index >= 15 is 0 Å². The molecule has 0 aliphatic rings. The van der Waals surface area contributed by atoms with Crippen molar-refractivity contribution in [3.8, 4) is 10.6 Å². The third-order valence-electron chi connectivity index (χ3n) is 4.05. The quantitative estimate of drug-likeness (QED) is 0.323. The van der Waals surface area contributed by atoms with Crippen molar-refractivity contribution in [2.45, 2.75) is 12.7 Å². The predicted molar refractivity (Wildman–Crippen MR) is 94.5 cm³/mol. The first-order chi connectivity index (χ1) is 12.9. The van der Waals surface area contributed by atoms with Gasteiger partial charge >= 0.3 is 6.18 Å². The number of halogens is 3. The van der Waals surface area contributed by atoms with Crippen LogP contribution in [0.3, 0.4) is 0 Å². The molecule has 1 N–H and O–H groups in total. The Morgan fingerprint density at radius 1 is 1.22 bits per heavy atom. The van der Waals surface area contributed by atoms with Gasteiger partial charge in [0.05, 0.1) is 11.7 Å². The number of fused-ring (bicyclic) bond motifs is 1. The number of aliphatic hydroxyl groups is 1. The highest BCUT2D eigenvalue weighted by Crippen LogP contribution is 2.31. The maximum Gasteiger partial charge on any atom is 0.447 e. The molecule has 8 heteroatoms. The molecule has 138 valence electrons. The van der Waals surface area contributed by atoms with Gasteiger partial charge in [-0.05, 0) is 17.9 Å². The summed E-state index contributed by atoms with van der Waals surface area (Å²) in [6.07, 6.45) is 0.115. The van der Waals surface area contributed by atoms with Crippen LogP contribution in [0.25, 0.3) is 21.5 Å². The second kappa shape index (κ2) is 6.71. The Morgan fingerprint density at radius 3 is 2.81 bits per heavy atom. The maximum absolute atomic E-state index is 12.9. The van der Waals surface area contributed by atoms with Gasteiger partial charge in [0.1, 0.15) is 5.38 Å². The van der Waals surface area contributed by atoms with Crippen LogP contribution in [0.4, 0.5) is 13.2 Å². The molecular weight excluding hydrogens is 375 g/mol. The van der Waals surface area contributed by atoms with Crippen molar-refractivity contribution in [3.05, 3.63) is 77.7 Å². The van der Waals surface area contributed by atoms with Crippen LogP contribution >= 0.6 is 11.3 Å². The first-order valence-electron chi connectivity index (χ1n) is 7.99. The van der Waals surface area contributed by atoms with Gasteiger partial charge in [-0.2, -0.15) is 19.2 Å². The van der Waals surface area contributed by atoms with Crippen LogP contribution in [0.2, 0.25) is 0 Å². The highest BCUT2D eigenvalue weighted by atomic mass is 32.1. The van der Waals surface area contributed by atoms with E-state index in [-0.39, 0.29) is 6.10 Å². The van der Waals surface area contributed by atoms with E-state index in [1.54, 1.807) is 48.1 Å². The Labute approximate surface area is 156 Å².